The second kappa shape index (κ2) is 9.75. The lowest BCUT2D eigenvalue weighted by molar-refractivity contribution is 0.304. The van der Waals surface area contributed by atoms with Crippen LogP contribution in [0.2, 0.25) is 0 Å². The minimum absolute atomic E-state index is 0.855. The minimum Gasteiger partial charge on any atom is -0.494 e. The van der Waals surface area contributed by atoms with Gasteiger partial charge in [0.25, 0.3) is 0 Å². The van der Waals surface area contributed by atoms with E-state index in [1.54, 1.807) is 0 Å². The Morgan fingerprint density at radius 2 is 1.71 bits per heavy atom. The van der Waals surface area contributed by atoms with Gasteiger partial charge in [0.15, 0.2) is 0 Å². The molecule has 1 rings (SSSR count). The molecule has 0 radical (unpaired) electrons. The maximum Gasteiger partial charge on any atom is 0.120 e. The normalized spacial score (nSPS) is 10.5. The molecule has 0 saturated heterocycles. The third-order valence-electron chi connectivity index (χ3n) is 2.81. The highest BCUT2D eigenvalue weighted by molar-refractivity contribution is 14.1. The molecule has 96 valence electrons. The molecule has 0 aliphatic heterocycles. The summed E-state index contributed by atoms with van der Waals surface area (Å²) in [7, 11) is 0. The van der Waals surface area contributed by atoms with Gasteiger partial charge in [-0.3, -0.25) is 0 Å². The quantitative estimate of drug-likeness (QED) is 0.428. The lowest BCUT2D eigenvalue weighted by atomic mass is 10.1. The molecule has 0 aliphatic carbocycles. The molecular weight excluding hydrogens is 323 g/mol. The predicted octanol–water partition coefficient (Wildman–Crippen LogP) is 5.42. The topological polar surface area (TPSA) is 9.23 Å². The molecule has 0 bridgehead atoms. The summed E-state index contributed by atoms with van der Waals surface area (Å²) >= 11 is 2.31. The van der Waals surface area contributed by atoms with Gasteiger partial charge in [0, 0.05) is 3.57 Å². The van der Waals surface area contributed by atoms with Crippen molar-refractivity contribution in [2.45, 2.75) is 51.9 Å². The summed E-state index contributed by atoms with van der Waals surface area (Å²) in [4.78, 5) is 0. The Kier molecular flexibility index (Phi) is 8.49. The second-order valence-electron chi connectivity index (χ2n) is 4.43. The predicted molar refractivity (Wildman–Crippen MR) is 82.6 cm³/mol. The van der Waals surface area contributed by atoms with Crippen LogP contribution in [0.1, 0.15) is 51.9 Å². The zero-order chi connectivity index (χ0) is 12.3. The zero-order valence-corrected chi connectivity index (χ0v) is 12.9. The van der Waals surface area contributed by atoms with E-state index in [2.05, 4.69) is 41.6 Å². The third kappa shape index (κ3) is 7.63. The van der Waals surface area contributed by atoms with Crippen LogP contribution in [0, 0.1) is 3.57 Å². The fourth-order valence-corrected chi connectivity index (χ4v) is 2.32. The van der Waals surface area contributed by atoms with Crippen molar-refractivity contribution in [2.75, 3.05) is 6.61 Å². The van der Waals surface area contributed by atoms with E-state index >= 15 is 0 Å². The molecule has 0 amide bonds. The monoisotopic (exact) mass is 346 g/mol. The highest BCUT2D eigenvalue weighted by Gasteiger charge is 1.95. The lowest BCUT2D eigenvalue weighted by Crippen LogP contribution is -1.97. The molecule has 0 unspecified atom stereocenters. The molecule has 17 heavy (non-hydrogen) atoms. The van der Waals surface area contributed by atoms with E-state index in [4.69, 9.17) is 4.74 Å². The number of benzene rings is 1. The van der Waals surface area contributed by atoms with Crippen LogP contribution in [0.15, 0.2) is 24.3 Å². The number of rotatable bonds is 9. The van der Waals surface area contributed by atoms with Crippen LogP contribution in [0.3, 0.4) is 0 Å². The Balaban J connectivity index is 1.97. The highest BCUT2D eigenvalue weighted by atomic mass is 127. The first-order valence-corrected chi connectivity index (χ1v) is 7.79. The molecule has 0 saturated carbocycles. The number of hydrogen-bond donors (Lipinski definition) is 0. The van der Waals surface area contributed by atoms with Crippen molar-refractivity contribution in [3.8, 4) is 5.75 Å². The van der Waals surface area contributed by atoms with Crippen LogP contribution in [0.25, 0.3) is 0 Å². The summed E-state index contributed by atoms with van der Waals surface area (Å²) in [5, 5.41) is 0. The third-order valence-corrected chi connectivity index (χ3v) is 3.48. The fraction of sp³-hybridized carbons (Fsp3) is 0.600. The SMILES string of the molecule is CCCCCCCCCOc1cccc(I)c1. The number of hydrogen-bond acceptors (Lipinski definition) is 1. The summed E-state index contributed by atoms with van der Waals surface area (Å²) in [6, 6.07) is 8.24. The molecule has 2 heteroatoms. The van der Waals surface area contributed by atoms with E-state index in [0.29, 0.717) is 0 Å². The Bertz CT molecular complexity index is 299. The van der Waals surface area contributed by atoms with Gasteiger partial charge in [0.1, 0.15) is 5.75 Å². The zero-order valence-electron chi connectivity index (χ0n) is 10.8. The van der Waals surface area contributed by atoms with Crippen molar-refractivity contribution in [2.24, 2.45) is 0 Å². The van der Waals surface area contributed by atoms with E-state index in [0.717, 1.165) is 12.4 Å². The number of halogens is 1. The smallest absolute Gasteiger partial charge is 0.120 e. The molecular formula is C15H23IO. The Labute approximate surface area is 119 Å². The van der Waals surface area contributed by atoms with Crippen molar-refractivity contribution >= 4 is 22.6 Å². The fourth-order valence-electron chi connectivity index (χ4n) is 1.81. The first-order chi connectivity index (χ1) is 8.33. The minimum atomic E-state index is 0.855. The van der Waals surface area contributed by atoms with Crippen LogP contribution in [0.5, 0.6) is 5.75 Å². The summed E-state index contributed by atoms with van der Waals surface area (Å²) < 4.78 is 6.95. The van der Waals surface area contributed by atoms with Gasteiger partial charge < -0.3 is 4.74 Å². The molecule has 0 spiro atoms. The van der Waals surface area contributed by atoms with Crippen LogP contribution < -0.4 is 4.74 Å². The average molecular weight is 346 g/mol. The Morgan fingerprint density at radius 1 is 1.00 bits per heavy atom. The van der Waals surface area contributed by atoms with Crippen LogP contribution in [-0.4, -0.2) is 6.61 Å². The van der Waals surface area contributed by atoms with Crippen molar-refractivity contribution in [1.82, 2.24) is 0 Å². The van der Waals surface area contributed by atoms with E-state index in [9.17, 15) is 0 Å². The van der Waals surface area contributed by atoms with Gasteiger partial charge in [-0.1, -0.05) is 51.5 Å². The molecule has 1 nitrogen and oxygen atoms in total. The molecule has 0 heterocycles. The molecule has 1 aromatic rings. The van der Waals surface area contributed by atoms with Gasteiger partial charge in [0.2, 0.25) is 0 Å². The van der Waals surface area contributed by atoms with Crippen LogP contribution in [0.4, 0.5) is 0 Å². The molecule has 0 fully saturated rings. The summed E-state index contributed by atoms with van der Waals surface area (Å²) in [6.45, 7) is 3.11. The lowest BCUT2D eigenvalue weighted by Gasteiger charge is -2.06. The maximum absolute atomic E-state index is 5.71. The van der Waals surface area contributed by atoms with E-state index in [-0.39, 0.29) is 0 Å². The Hall–Kier alpha value is -0.250. The van der Waals surface area contributed by atoms with Gasteiger partial charge in [-0.2, -0.15) is 0 Å². The maximum atomic E-state index is 5.71. The number of ether oxygens (including phenoxy) is 1. The van der Waals surface area contributed by atoms with Crippen molar-refractivity contribution < 1.29 is 4.74 Å². The van der Waals surface area contributed by atoms with Gasteiger partial charge in [0.05, 0.1) is 6.61 Å². The van der Waals surface area contributed by atoms with Crippen molar-refractivity contribution in [3.05, 3.63) is 27.8 Å². The summed E-state index contributed by atoms with van der Waals surface area (Å²) in [5.74, 6) is 1.00. The van der Waals surface area contributed by atoms with Crippen molar-refractivity contribution in [3.63, 3.8) is 0 Å². The van der Waals surface area contributed by atoms with Gasteiger partial charge >= 0.3 is 0 Å². The van der Waals surface area contributed by atoms with E-state index in [1.165, 1.54) is 48.5 Å². The van der Waals surface area contributed by atoms with E-state index in [1.807, 2.05) is 12.1 Å². The Morgan fingerprint density at radius 3 is 2.41 bits per heavy atom. The van der Waals surface area contributed by atoms with Gasteiger partial charge in [-0.25, -0.2) is 0 Å². The summed E-state index contributed by atoms with van der Waals surface area (Å²) in [6.07, 6.45) is 9.33. The van der Waals surface area contributed by atoms with E-state index < -0.39 is 0 Å². The average Bonchev–Trinajstić information content (AvgIpc) is 2.33. The first-order valence-electron chi connectivity index (χ1n) is 6.71. The standard InChI is InChI=1S/C15H23IO/c1-2-3-4-5-6-7-8-12-17-15-11-9-10-14(16)13-15/h9-11,13H,2-8,12H2,1H3. The largest absolute Gasteiger partial charge is 0.494 e. The first kappa shape index (κ1) is 14.8. The van der Waals surface area contributed by atoms with Gasteiger partial charge in [-0.15, -0.1) is 0 Å². The number of unbranched alkanes of at least 4 members (excludes halogenated alkanes) is 6. The van der Waals surface area contributed by atoms with Crippen molar-refractivity contribution in [1.29, 1.82) is 0 Å². The van der Waals surface area contributed by atoms with Crippen LogP contribution >= 0.6 is 22.6 Å². The molecule has 0 aliphatic rings. The van der Waals surface area contributed by atoms with Gasteiger partial charge in [-0.05, 0) is 47.2 Å². The molecule has 1 aromatic carbocycles. The second-order valence-corrected chi connectivity index (χ2v) is 5.67. The van der Waals surface area contributed by atoms with Crippen LogP contribution in [-0.2, 0) is 0 Å². The molecule has 0 atom stereocenters. The molecule has 0 N–H and O–H groups in total. The molecule has 0 aromatic heterocycles. The summed E-state index contributed by atoms with van der Waals surface area (Å²) in [5.41, 5.74) is 0. The highest BCUT2D eigenvalue weighted by Crippen LogP contribution is 2.15.